The molecular weight excluding hydrogens is 316 g/mol. The summed E-state index contributed by atoms with van der Waals surface area (Å²) >= 11 is 12.1. The topological polar surface area (TPSA) is 27.3 Å². The molecule has 0 bridgehead atoms. The number of benzene rings is 1. The summed E-state index contributed by atoms with van der Waals surface area (Å²) in [5.74, 6) is 0. The van der Waals surface area contributed by atoms with Gasteiger partial charge in [0, 0.05) is 26.2 Å². The van der Waals surface area contributed by atoms with E-state index in [0.717, 1.165) is 31.9 Å². The Morgan fingerprint density at radius 3 is 2.61 bits per heavy atom. The molecule has 0 spiro atoms. The van der Waals surface area contributed by atoms with Crippen LogP contribution >= 0.6 is 48.0 Å². The van der Waals surface area contributed by atoms with E-state index in [1.165, 1.54) is 5.69 Å². The number of hydrogen-bond acceptors (Lipinski definition) is 3. The summed E-state index contributed by atoms with van der Waals surface area (Å²) in [6.07, 6.45) is 0. The average Bonchev–Trinajstić information content (AvgIpc) is 2.31. The van der Waals surface area contributed by atoms with Crippen LogP contribution < -0.4 is 15.5 Å². The molecule has 2 aliphatic heterocycles. The van der Waals surface area contributed by atoms with Crippen LogP contribution in [0.25, 0.3) is 0 Å². The molecule has 0 saturated carbocycles. The van der Waals surface area contributed by atoms with Crippen LogP contribution in [0.5, 0.6) is 0 Å². The van der Waals surface area contributed by atoms with Gasteiger partial charge in [-0.15, -0.1) is 24.8 Å². The average molecular weight is 331 g/mol. The zero-order valence-corrected chi connectivity index (χ0v) is 12.7. The molecule has 7 heteroatoms. The van der Waals surface area contributed by atoms with E-state index >= 15 is 0 Å². The van der Waals surface area contributed by atoms with Gasteiger partial charge in [0.05, 0.1) is 27.5 Å². The fourth-order valence-corrected chi connectivity index (χ4v) is 2.73. The van der Waals surface area contributed by atoms with E-state index in [1.54, 1.807) is 0 Å². The first-order valence-electron chi connectivity index (χ1n) is 5.46. The number of nitrogens with zero attached hydrogens (tertiary/aromatic N) is 1. The van der Waals surface area contributed by atoms with E-state index in [0.29, 0.717) is 16.1 Å². The van der Waals surface area contributed by atoms with Crippen molar-refractivity contribution in [3.05, 3.63) is 22.2 Å². The third-order valence-corrected chi connectivity index (χ3v) is 3.95. The van der Waals surface area contributed by atoms with Gasteiger partial charge in [0.2, 0.25) is 0 Å². The van der Waals surface area contributed by atoms with E-state index < -0.39 is 0 Å². The lowest BCUT2D eigenvalue weighted by Crippen LogP contribution is -2.56. The highest BCUT2D eigenvalue weighted by Crippen LogP contribution is 2.38. The standard InChI is InChI=1S/C11H13Cl2N3.2ClH/c12-8-3-10-11(4-9(8)13)16-2-1-14-5-7(16)6-15-10;;/h3-4,7,14-15H,1-2,5-6H2;2*1H/t7-;;/m1../s1. The van der Waals surface area contributed by atoms with Crippen molar-refractivity contribution in [1.82, 2.24) is 5.32 Å². The molecule has 0 aromatic heterocycles. The summed E-state index contributed by atoms with van der Waals surface area (Å²) < 4.78 is 0. The van der Waals surface area contributed by atoms with Crippen LogP contribution in [0.4, 0.5) is 11.4 Å². The largest absolute Gasteiger partial charge is 0.381 e. The predicted molar refractivity (Wildman–Crippen MR) is 83.5 cm³/mol. The minimum atomic E-state index is 0. The first-order valence-corrected chi connectivity index (χ1v) is 6.21. The Labute approximate surface area is 129 Å². The quantitative estimate of drug-likeness (QED) is 0.765. The first kappa shape index (κ1) is 16.0. The molecule has 1 saturated heterocycles. The second-order valence-electron chi connectivity index (χ2n) is 4.22. The maximum absolute atomic E-state index is 6.07. The maximum atomic E-state index is 6.07. The number of hydrogen-bond donors (Lipinski definition) is 2. The van der Waals surface area contributed by atoms with Gasteiger partial charge in [-0.3, -0.25) is 0 Å². The number of nitrogens with one attached hydrogen (secondary N) is 2. The predicted octanol–water partition coefficient (Wildman–Crippen LogP) is 3.04. The zero-order chi connectivity index (χ0) is 11.1. The minimum Gasteiger partial charge on any atom is -0.381 e. The van der Waals surface area contributed by atoms with Crippen LogP contribution in [0.3, 0.4) is 0 Å². The molecule has 0 unspecified atom stereocenters. The second kappa shape index (κ2) is 6.40. The van der Waals surface area contributed by atoms with Crippen molar-refractivity contribution in [3.63, 3.8) is 0 Å². The van der Waals surface area contributed by atoms with Crippen LogP contribution in [0.15, 0.2) is 12.1 Å². The monoisotopic (exact) mass is 329 g/mol. The molecule has 102 valence electrons. The van der Waals surface area contributed by atoms with Gasteiger partial charge in [-0.25, -0.2) is 0 Å². The molecule has 1 aromatic rings. The summed E-state index contributed by atoms with van der Waals surface area (Å²) in [5, 5.41) is 8.04. The van der Waals surface area contributed by atoms with Crippen molar-refractivity contribution in [2.75, 3.05) is 36.4 Å². The van der Waals surface area contributed by atoms with Crippen LogP contribution in [0.1, 0.15) is 0 Å². The first-order chi connectivity index (χ1) is 7.75. The number of halogens is 4. The smallest absolute Gasteiger partial charge is 0.0622 e. The molecule has 1 atom stereocenters. The summed E-state index contributed by atoms with van der Waals surface area (Å²) in [7, 11) is 0. The van der Waals surface area contributed by atoms with Gasteiger partial charge in [0.15, 0.2) is 0 Å². The fraction of sp³-hybridized carbons (Fsp3) is 0.455. The van der Waals surface area contributed by atoms with Crippen molar-refractivity contribution in [1.29, 1.82) is 0 Å². The highest BCUT2D eigenvalue weighted by molar-refractivity contribution is 6.42. The van der Waals surface area contributed by atoms with Gasteiger partial charge in [-0.2, -0.15) is 0 Å². The Balaban J connectivity index is 0.000000810. The number of rotatable bonds is 0. The van der Waals surface area contributed by atoms with Gasteiger partial charge in [0.25, 0.3) is 0 Å². The van der Waals surface area contributed by atoms with Gasteiger partial charge in [-0.05, 0) is 12.1 Å². The van der Waals surface area contributed by atoms with Crippen molar-refractivity contribution < 1.29 is 0 Å². The molecule has 2 N–H and O–H groups in total. The van der Waals surface area contributed by atoms with Crippen LogP contribution in [-0.2, 0) is 0 Å². The lowest BCUT2D eigenvalue weighted by Gasteiger charge is -2.42. The Morgan fingerprint density at radius 2 is 1.83 bits per heavy atom. The van der Waals surface area contributed by atoms with Gasteiger partial charge in [-0.1, -0.05) is 23.2 Å². The molecule has 0 radical (unpaired) electrons. The van der Waals surface area contributed by atoms with Gasteiger partial charge < -0.3 is 15.5 Å². The molecular formula is C11H15Cl4N3. The van der Waals surface area contributed by atoms with E-state index in [1.807, 2.05) is 12.1 Å². The molecule has 18 heavy (non-hydrogen) atoms. The summed E-state index contributed by atoms with van der Waals surface area (Å²) in [4.78, 5) is 2.41. The number of fused-ring (bicyclic) bond motifs is 3. The summed E-state index contributed by atoms with van der Waals surface area (Å²) in [5.41, 5.74) is 2.26. The molecule has 0 amide bonds. The fourth-order valence-electron chi connectivity index (χ4n) is 2.40. The van der Waals surface area contributed by atoms with Crippen molar-refractivity contribution in [2.45, 2.75) is 6.04 Å². The molecule has 1 fully saturated rings. The lowest BCUT2D eigenvalue weighted by molar-refractivity contribution is 0.482. The van der Waals surface area contributed by atoms with Crippen molar-refractivity contribution in [2.24, 2.45) is 0 Å². The third kappa shape index (κ3) is 2.75. The molecule has 3 rings (SSSR count). The van der Waals surface area contributed by atoms with Gasteiger partial charge in [0.1, 0.15) is 0 Å². The molecule has 2 heterocycles. The van der Waals surface area contributed by atoms with Gasteiger partial charge >= 0.3 is 0 Å². The molecule has 0 aliphatic carbocycles. The normalized spacial score (nSPS) is 20.8. The minimum absolute atomic E-state index is 0. The Morgan fingerprint density at radius 1 is 1.11 bits per heavy atom. The molecule has 2 aliphatic rings. The zero-order valence-electron chi connectivity index (χ0n) is 9.58. The Bertz CT molecular complexity index is 427. The number of piperazine rings is 1. The van der Waals surface area contributed by atoms with Crippen LogP contribution in [0.2, 0.25) is 10.0 Å². The Kier molecular flexibility index (Phi) is 5.68. The Hall–Kier alpha value is -0.0600. The second-order valence-corrected chi connectivity index (χ2v) is 5.03. The molecule has 1 aromatic carbocycles. The van der Waals surface area contributed by atoms with Crippen molar-refractivity contribution in [3.8, 4) is 0 Å². The highest BCUT2D eigenvalue weighted by Gasteiger charge is 2.28. The third-order valence-electron chi connectivity index (χ3n) is 3.23. The maximum Gasteiger partial charge on any atom is 0.0622 e. The van der Waals surface area contributed by atoms with E-state index in [4.69, 9.17) is 23.2 Å². The summed E-state index contributed by atoms with van der Waals surface area (Å²) in [6.45, 7) is 4.03. The SMILES string of the molecule is Cl.Cl.Clc1cc2c(cc1Cl)N1CCNC[C@@H]1CN2. The van der Waals surface area contributed by atoms with Crippen LogP contribution in [0, 0.1) is 0 Å². The summed E-state index contributed by atoms with van der Waals surface area (Å²) in [6, 6.07) is 4.39. The van der Waals surface area contributed by atoms with Crippen molar-refractivity contribution >= 4 is 59.4 Å². The van der Waals surface area contributed by atoms with E-state index in [-0.39, 0.29) is 24.8 Å². The van der Waals surface area contributed by atoms with E-state index in [9.17, 15) is 0 Å². The lowest BCUT2D eigenvalue weighted by atomic mass is 10.1. The number of anilines is 2. The highest BCUT2D eigenvalue weighted by atomic mass is 35.5. The van der Waals surface area contributed by atoms with Crippen LogP contribution in [-0.4, -0.2) is 32.2 Å². The van der Waals surface area contributed by atoms with E-state index in [2.05, 4.69) is 15.5 Å². The molecule has 3 nitrogen and oxygen atoms in total.